The van der Waals surface area contributed by atoms with E-state index in [4.69, 9.17) is 30.4 Å². The van der Waals surface area contributed by atoms with E-state index in [0.29, 0.717) is 16.9 Å². The average Bonchev–Trinajstić information content (AvgIpc) is 3.01. The molecular formula is C33H35F3N2O7. The number of anilines is 2. The maximum Gasteiger partial charge on any atom is 0.343 e. The molecule has 0 spiro atoms. The van der Waals surface area contributed by atoms with Crippen molar-refractivity contribution < 1.29 is 46.5 Å². The molecule has 0 aliphatic rings. The number of nitrogen functional groups attached to an aromatic ring is 2. The molecule has 2 unspecified atom stereocenters. The molecule has 0 aliphatic carbocycles. The van der Waals surface area contributed by atoms with Crippen molar-refractivity contribution in [2.45, 2.75) is 39.2 Å². The molecule has 4 N–H and O–H groups in total. The van der Waals surface area contributed by atoms with Gasteiger partial charge in [-0.1, -0.05) is 26.0 Å². The van der Waals surface area contributed by atoms with Gasteiger partial charge in [0.2, 0.25) is 0 Å². The number of esters is 3. The summed E-state index contributed by atoms with van der Waals surface area (Å²) in [4.78, 5) is 37.0. The molecule has 0 saturated heterocycles. The van der Waals surface area contributed by atoms with Crippen molar-refractivity contribution in [1.29, 1.82) is 0 Å². The van der Waals surface area contributed by atoms with Crippen LogP contribution in [0.1, 0.15) is 53.0 Å². The van der Waals surface area contributed by atoms with Crippen LogP contribution in [0.2, 0.25) is 0 Å². The molecule has 0 heterocycles. The first-order chi connectivity index (χ1) is 21.3. The minimum Gasteiger partial charge on any atom is -0.462 e. The number of ether oxygens (including phenoxy) is 4. The first kappa shape index (κ1) is 34.5. The number of hydrogen-bond donors (Lipinski definition) is 2. The molecule has 0 aromatic heterocycles. The normalized spacial score (nSPS) is 12.7. The van der Waals surface area contributed by atoms with Crippen LogP contribution in [0.3, 0.4) is 0 Å². The van der Waals surface area contributed by atoms with E-state index in [1.807, 2.05) is 0 Å². The molecule has 0 amide bonds. The molecule has 3 rings (SSSR count). The molecule has 2 atom stereocenters. The van der Waals surface area contributed by atoms with E-state index in [-0.39, 0.29) is 48.7 Å². The molecule has 12 heteroatoms. The molecule has 0 bridgehead atoms. The minimum absolute atomic E-state index is 0.00336. The van der Waals surface area contributed by atoms with Crippen molar-refractivity contribution in [2.75, 3.05) is 31.4 Å². The summed E-state index contributed by atoms with van der Waals surface area (Å²) >= 11 is 0. The second-order valence-electron chi connectivity index (χ2n) is 10.9. The standard InChI is InChI=1S/C33H35F3N2O7/c1-33(2,20-43-31(40)23-16-24(37)18-25(38)17-23)19-42-29(39)14-7-21-5-10-27(11-6-21)45-32(41)22-8-12-26(13-9-22)44-30(36)28(35)4-3-15-34/h5-14,16-18,28,30H,3-4,15,19-20,37-38H2,1-2H3. The number of carbonyl (C=O) groups excluding carboxylic acids is 3. The summed E-state index contributed by atoms with van der Waals surface area (Å²) in [6.07, 6.45) is -1.88. The zero-order chi connectivity index (χ0) is 33.0. The van der Waals surface area contributed by atoms with Gasteiger partial charge in [-0.05, 0) is 79.1 Å². The number of carbonyl (C=O) groups is 3. The summed E-state index contributed by atoms with van der Waals surface area (Å²) in [5, 5.41) is 0. The minimum atomic E-state index is -2.26. The van der Waals surface area contributed by atoms with Crippen LogP contribution in [0.5, 0.6) is 11.5 Å². The maximum absolute atomic E-state index is 13.8. The first-order valence-corrected chi connectivity index (χ1v) is 14.0. The van der Waals surface area contributed by atoms with Gasteiger partial charge in [-0.15, -0.1) is 0 Å². The molecule has 0 fully saturated rings. The lowest BCUT2D eigenvalue weighted by Gasteiger charge is -2.23. The zero-order valence-corrected chi connectivity index (χ0v) is 24.8. The van der Waals surface area contributed by atoms with Crippen molar-refractivity contribution in [2.24, 2.45) is 5.41 Å². The van der Waals surface area contributed by atoms with Gasteiger partial charge in [0.05, 0.1) is 31.0 Å². The Kier molecular flexibility index (Phi) is 12.4. The summed E-state index contributed by atoms with van der Waals surface area (Å²) in [6.45, 7) is 2.76. The molecule has 0 aliphatic heterocycles. The molecule has 240 valence electrons. The van der Waals surface area contributed by atoms with Crippen LogP contribution in [0.4, 0.5) is 24.5 Å². The van der Waals surface area contributed by atoms with E-state index in [2.05, 4.69) is 0 Å². The molecule has 3 aromatic rings. The molecule has 3 aromatic carbocycles. The Labute approximate surface area is 258 Å². The SMILES string of the molecule is CC(C)(COC(=O)C=Cc1ccc(OC(=O)c2ccc(OC(F)C(F)CCCF)cc2)cc1)COC(=O)c1cc(N)cc(N)c1. The van der Waals surface area contributed by atoms with Crippen LogP contribution in [-0.4, -0.2) is 50.3 Å². The quantitative estimate of drug-likeness (QED) is 0.0862. The fourth-order valence-electron chi connectivity index (χ4n) is 3.75. The Balaban J connectivity index is 1.43. The summed E-state index contributed by atoms with van der Waals surface area (Å²) in [5.74, 6) is -1.67. The topological polar surface area (TPSA) is 140 Å². The van der Waals surface area contributed by atoms with Crippen LogP contribution >= 0.6 is 0 Å². The van der Waals surface area contributed by atoms with Crippen molar-refractivity contribution >= 4 is 35.4 Å². The summed E-state index contributed by atoms with van der Waals surface area (Å²) in [5.41, 5.74) is 12.4. The first-order valence-electron chi connectivity index (χ1n) is 14.0. The van der Waals surface area contributed by atoms with Crippen LogP contribution in [0.15, 0.2) is 72.8 Å². The second kappa shape index (κ2) is 16.2. The molecule has 45 heavy (non-hydrogen) atoms. The highest BCUT2D eigenvalue weighted by Crippen LogP contribution is 2.22. The van der Waals surface area contributed by atoms with Crippen molar-refractivity contribution in [1.82, 2.24) is 0 Å². The van der Waals surface area contributed by atoms with E-state index >= 15 is 0 Å². The third-order valence-electron chi connectivity index (χ3n) is 6.15. The Morgan fingerprint density at radius 3 is 2.04 bits per heavy atom. The third-order valence-corrected chi connectivity index (χ3v) is 6.15. The van der Waals surface area contributed by atoms with Crippen molar-refractivity contribution in [3.63, 3.8) is 0 Å². The number of hydrogen-bond acceptors (Lipinski definition) is 9. The summed E-state index contributed by atoms with van der Waals surface area (Å²) in [7, 11) is 0. The van der Waals surface area contributed by atoms with Gasteiger partial charge in [-0.25, -0.2) is 18.8 Å². The zero-order valence-electron chi connectivity index (χ0n) is 24.8. The van der Waals surface area contributed by atoms with Gasteiger partial charge in [-0.3, -0.25) is 4.39 Å². The van der Waals surface area contributed by atoms with Gasteiger partial charge in [0.15, 0.2) is 6.17 Å². The predicted octanol–water partition coefficient (Wildman–Crippen LogP) is 6.27. The highest BCUT2D eigenvalue weighted by Gasteiger charge is 2.24. The number of halogens is 3. The lowest BCUT2D eigenvalue weighted by Crippen LogP contribution is -2.28. The fraction of sp³-hybridized carbons (Fsp3) is 0.303. The van der Waals surface area contributed by atoms with Crippen LogP contribution in [-0.2, 0) is 14.3 Å². The Morgan fingerprint density at radius 1 is 0.822 bits per heavy atom. The lowest BCUT2D eigenvalue weighted by atomic mass is 9.96. The number of benzene rings is 3. The van der Waals surface area contributed by atoms with Crippen LogP contribution in [0, 0.1) is 5.41 Å². The predicted molar refractivity (Wildman–Crippen MR) is 163 cm³/mol. The van der Waals surface area contributed by atoms with Crippen LogP contribution in [0.25, 0.3) is 6.08 Å². The highest BCUT2D eigenvalue weighted by atomic mass is 19.2. The molecule has 0 saturated carbocycles. The van der Waals surface area contributed by atoms with E-state index in [1.165, 1.54) is 66.7 Å². The van der Waals surface area contributed by atoms with Gasteiger partial charge >= 0.3 is 17.9 Å². The van der Waals surface area contributed by atoms with Gasteiger partial charge in [0, 0.05) is 22.9 Å². The lowest BCUT2D eigenvalue weighted by molar-refractivity contribution is -0.141. The summed E-state index contributed by atoms with van der Waals surface area (Å²) < 4.78 is 60.4. The fourth-order valence-corrected chi connectivity index (χ4v) is 3.75. The molecule has 9 nitrogen and oxygen atoms in total. The van der Waals surface area contributed by atoms with Gasteiger partial charge < -0.3 is 30.4 Å². The van der Waals surface area contributed by atoms with Crippen LogP contribution < -0.4 is 20.9 Å². The van der Waals surface area contributed by atoms with Crippen molar-refractivity contribution in [3.05, 3.63) is 89.5 Å². The molecular weight excluding hydrogens is 593 g/mol. The van der Waals surface area contributed by atoms with Gasteiger partial charge in [0.25, 0.3) is 6.36 Å². The van der Waals surface area contributed by atoms with E-state index in [9.17, 15) is 27.6 Å². The number of alkyl halides is 3. The van der Waals surface area contributed by atoms with E-state index in [1.54, 1.807) is 26.0 Å². The third kappa shape index (κ3) is 11.5. The second-order valence-corrected chi connectivity index (χ2v) is 10.9. The monoisotopic (exact) mass is 628 g/mol. The Bertz CT molecular complexity index is 1460. The smallest absolute Gasteiger partial charge is 0.343 e. The van der Waals surface area contributed by atoms with Crippen molar-refractivity contribution in [3.8, 4) is 11.5 Å². The van der Waals surface area contributed by atoms with Gasteiger partial charge in [0.1, 0.15) is 11.5 Å². The number of nitrogens with two attached hydrogens (primary N) is 2. The summed E-state index contributed by atoms with van der Waals surface area (Å²) in [6, 6.07) is 16.0. The maximum atomic E-state index is 13.8. The number of rotatable bonds is 15. The highest BCUT2D eigenvalue weighted by molar-refractivity contribution is 5.92. The van der Waals surface area contributed by atoms with Gasteiger partial charge in [-0.2, -0.15) is 4.39 Å². The average molecular weight is 629 g/mol. The van der Waals surface area contributed by atoms with E-state index in [0.717, 1.165) is 0 Å². The largest absolute Gasteiger partial charge is 0.462 e. The van der Waals surface area contributed by atoms with E-state index < -0.39 is 42.5 Å². The molecule has 0 radical (unpaired) electrons. The Hall–Kier alpha value is -5.00. The Morgan fingerprint density at radius 2 is 1.42 bits per heavy atom.